The van der Waals surface area contributed by atoms with Gasteiger partial charge >= 0.3 is 0 Å². The van der Waals surface area contributed by atoms with E-state index >= 15 is 0 Å². The van der Waals surface area contributed by atoms with Crippen molar-refractivity contribution in [2.45, 2.75) is 32.1 Å². The Kier molecular flexibility index (Phi) is 7.04. The highest BCUT2D eigenvalue weighted by molar-refractivity contribution is 5.95. The highest BCUT2D eigenvalue weighted by Crippen LogP contribution is 2.22. The fourth-order valence-electron chi connectivity index (χ4n) is 4.08. The van der Waals surface area contributed by atoms with Crippen LogP contribution in [0.15, 0.2) is 43.0 Å². The van der Waals surface area contributed by atoms with E-state index < -0.39 is 0 Å². The second kappa shape index (κ2) is 9.70. The summed E-state index contributed by atoms with van der Waals surface area (Å²) in [6, 6.07) is 9.73. The van der Waals surface area contributed by atoms with E-state index in [0.29, 0.717) is 19.0 Å². The zero-order chi connectivity index (χ0) is 19.1. The molecule has 0 radical (unpaired) electrons. The van der Waals surface area contributed by atoms with E-state index in [1.807, 2.05) is 30.3 Å². The van der Waals surface area contributed by atoms with Crippen LogP contribution < -0.4 is 4.90 Å². The molecule has 27 heavy (non-hydrogen) atoms. The predicted octanol–water partition coefficient (Wildman–Crippen LogP) is 2.93. The monoisotopic (exact) mass is 369 g/mol. The molecule has 2 fully saturated rings. The van der Waals surface area contributed by atoms with Gasteiger partial charge in [-0.05, 0) is 57.3 Å². The van der Waals surface area contributed by atoms with E-state index in [-0.39, 0.29) is 11.8 Å². The van der Waals surface area contributed by atoms with Crippen molar-refractivity contribution < 1.29 is 9.59 Å². The summed E-state index contributed by atoms with van der Waals surface area (Å²) < 4.78 is 0. The van der Waals surface area contributed by atoms with E-state index in [2.05, 4.69) is 16.4 Å². The van der Waals surface area contributed by atoms with Gasteiger partial charge in [0, 0.05) is 31.2 Å². The summed E-state index contributed by atoms with van der Waals surface area (Å²) in [5.74, 6) is 0.549. The molecule has 0 N–H and O–H groups in total. The van der Waals surface area contributed by atoms with Crippen molar-refractivity contribution in [3.05, 3.63) is 43.0 Å². The minimum Gasteiger partial charge on any atom is -0.342 e. The zero-order valence-corrected chi connectivity index (χ0v) is 16.2. The Labute approximate surface area is 162 Å². The minimum atomic E-state index is 0.0851. The van der Waals surface area contributed by atoms with E-state index in [0.717, 1.165) is 57.5 Å². The molecule has 0 saturated carbocycles. The summed E-state index contributed by atoms with van der Waals surface area (Å²) in [6.07, 6.45) is 6.99. The van der Waals surface area contributed by atoms with E-state index in [9.17, 15) is 9.59 Å². The largest absolute Gasteiger partial charge is 0.342 e. The fraction of sp³-hybridized carbons (Fsp3) is 0.545. The van der Waals surface area contributed by atoms with Gasteiger partial charge in [-0.1, -0.05) is 24.3 Å². The molecule has 0 unspecified atom stereocenters. The molecule has 0 atom stereocenters. The van der Waals surface area contributed by atoms with Crippen molar-refractivity contribution in [2.24, 2.45) is 5.92 Å². The molecule has 1 aromatic carbocycles. The van der Waals surface area contributed by atoms with Gasteiger partial charge in [0.2, 0.25) is 11.8 Å². The van der Waals surface area contributed by atoms with E-state index in [4.69, 9.17) is 0 Å². The lowest BCUT2D eigenvalue weighted by Crippen LogP contribution is -2.47. The Hall–Kier alpha value is -2.14. The Morgan fingerprint density at radius 2 is 1.70 bits per heavy atom. The Morgan fingerprint density at radius 3 is 2.33 bits per heavy atom. The van der Waals surface area contributed by atoms with Gasteiger partial charge in [-0.2, -0.15) is 0 Å². The van der Waals surface area contributed by atoms with Crippen LogP contribution in [0.5, 0.6) is 0 Å². The van der Waals surface area contributed by atoms with Crippen molar-refractivity contribution in [3.63, 3.8) is 0 Å². The normalized spacial score (nSPS) is 18.9. The average molecular weight is 370 g/mol. The third-order valence-electron chi connectivity index (χ3n) is 5.64. The van der Waals surface area contributed by atoms with Gasteiger partial charge in [-0.25, -0.2) is 0 Å². The molecule has 2 saturated heterocycles. The molecule has 2 aliphatic rings. The molecule has 0 aromatic heterocycles. The molecule has 3 rings (SSSR count). The quantitative estimate of drug-likeness (QED) is 0.724. The third kappa shape index (κ3) is 5.19. The van der Waals surface area contributed by atoms with Crippen LogP contribution in [0.25, 0.3) is 0 Å². The van der Waals surface area contributed by atoms with Crippen LogP contribution in [-0.4, -0.2) is 60.9 Å². The number of carbonyl (C=O) groups excluding carboxylic acids is 2. The molecular formula is C22H31N3O2. The number of anilines is 1. The van der Waals surface area contributed by atoms with E-state index in [1.54, 1.807) is 11.0 Å². The van der Waals surface area contributed by atoms with Gasteiger partial charge in [0.1, 0.15) is 0 Å². The molecule has 2 aliphatic heterocycles. The van der Waals surface area contributed by atoms with Crippen LogP contribution in [-0.2, 0) is 9.59 Å². The minimum absolute atomic E-state index is 0.0851. The van der Waals surface area contributed by atoms with Crippen LogP contribution in [0.4, 0.5) is 5.69 Å². The summed E-state index contributed by atoms with van der Waals surface area (Å²) in [5, 5.41) is 0. The maximum Gasteiger partial charge on any atom is 0.241 e. The van der Waals surface area contributed by atoms with Gasteiger partial charge in [-0.15, -0.1) is 6.58 Å². The van der Waals surface area contributed by atoms with Crippen molar-refractivity contribution >= 4 is 17.5 Å². The molecule has 0 bridgehead atoms. The van der Waals surface area contributed by atoms with Gasteiger partial charge in [0.25, 0.3) is 0 Å². The maximum atomic E-state index is 12.8. The number of hydrogen-bond donors (Lipinski definition) is 0. The predicted molar refractivity (Wildman–Crippen MR) is 109 cm³/mol. The first-order valence-electron chi connectivity index (χ1n) is 10.2. The number of para-hydroxylation sites is 1. The molecule has 0 spiro atoms. The summed E-state index contributed by atoms with van der Waals surface area (Å²) in [4.78, 5) is 31.5. The van der Waals surface area contributed by atoms with Crippen LogP contribution >= 0.6 is 0 Å². The number of nitrogens with zero attached hydrogens (tertiary/aromatic N) is 3. The topological polar surface area (TPSA) is 43.9 Å². The zero-order valence-electron chi connectivity index (χ0n) is 16.2. The maximum absolute atomic E-state index is 12.8. The number of amides is 2. The Balaban J connectivity index is 1.51. The SMILES string of the molecule is C=CCN(C(=O)CN1CCC(C(=O)N2CCCCC2)CC1)c1ccccc1. The number of piperidine rings is 2. The summed E-state index contributed by atoms with van der Waals surface area (Å²) in [7, 11) is 0. The molecule has 0 aliphatic carbocycles. The second-order valence-electron chi connectivity index (χ2n) is 7.56. The number of benzene rings is 1. The van der Waals surface area contributed by atoms with Crippen LogP contribution in [0.2, 0.25) is 0 Å². The number of rotatable bonds is 6. The molecule has 5 heteroatoms. The van der Waals surface area contributed by atoms with Crippen LogP contribution in [0, 0.1) is 5.92 Å². The fourth-order valence-corrected chi connectivity index (χ4v) is 4.08. The highest BCUT2D eigenvalue weighted by Gasteiger charge is 2.30. The van der Waals surface area contributed by atoms with E-state index in [1.165, 1.54) is 6.42 Å². The van der Waals surface area contributed by atoms with Gasteiger partial charge < -0.3 is 9.80 Å². The summed E-state index contributed by atoms with van der Waals surface area (Å²) in [6.45, 7) is 8.15. The van der Waals surface area contributed by atoms with Crippen molar-refractivity contribution in [3.8, 4) is 0 Å². The number of hydrogen-bond acceptors (Lipinski definition) is 3. The van der Waals surface area contributed by atoms with Crippen LogP contribution in [0.1, 0.15) is 32.1 Å². The van der Waals surface area contributed by atoms with Crippen molar-refractivity contribution in [2.75, 3.05) is 44.2 Å². The lowest BCUT2D eigenvalue weighted by atomic mass is 9.94. The standard InChI is InChI=1S/C22H31N3O2/c1-2-13-25(20-9-5-3-6-10-20)21(26)18-23-16-11-19(12-17-23)22(27)24-14-7-4-8-15-24/h2-3,5-6,9-10,19H,1,4,7-8,11-18H2. The van der Waals surface area contributed by atoms with Gasteiger partial charge in [0.15, 0.2) is 0 Å². The Morgan fingerprint density at radius 1 is 1.04 bits per heavy atom. The first-order valence-corrected chi connectivity index (χ1v) is 10.2. The number of likely N-dealkylation sites (tertiary alicyclic amines) is 2. The average Bonchev–Trinajstić information content (AvgIpc) is 2.73. The van der Waals surface area contributed by atoms with Gasteiger partial charge in [0.05, 0.1) is 6.54 Å². The molecule has 2 heterocycles. The third-order valence-corrected chi connectivity index (χ3v) is 5.64. The molecule has 146 valence electrons. The van der Waals surface area contributed by atoms with Crippen molar-refractivity contribution in [1.82, 2.24) is 9.80 Å². The lowest BCUT2D eigenvalue weighted by molar-refractivity contribution is -0.138. The lowest BCUT2D eigenvalue weighted by Gasteiger charge is -2.36. The summed E-state index contributed by atoms with van der Waals surface area (Å²) >= 11 is 0. The van der Waals surface area contributed by atoms with Crippen molar-refractivity contribution in [1.29, 1.82) is 0 Å². The highest BCUT2D eigenvalue weighted by atomic mass is 16.2. The molecular weight excluding hydrogens is 338 g/mol. The smallest absolute Gasteiger partial charge is 0.241 e. The van der Waals surface area contributed by atoms with Crippen LogP contribution in [0.3, 0.4) is 0 Å². The first-order chi connectivity index (χ1) is 13.2. The molecule has 2 amide bonds. The Bertz CT molecular complexity index is 632. The molecule has 5 nitrogen and oxygen atoms in total. The molecule has 1 aromatic rings. The number of carbonyl (C=O) groups is 2. The first kappa shape index (κ1) is 19.6. The summed E-state index contributed by atoms with van der Waals surface area (Å²) in [5.41, 5.74) is 0.901. The van der Waals surface area contributed by atoms with Gasteiger partial charge in [-0.3, -0.25) is 14.5 Å². The second-order valence-corrected chi connectivity index (χ2v) is 7.56.